The molecule has 0 aliphatic heterocycles. The first kappa shape index (κ1) is 34.6. The number of nitrogens with zero attached hydrogens (tertiary/aromatic N) is 3. The van der Waals surface area contributed by atoms with Crippen LogP contribution in [0.4, 0.5) is 0 Å². The van der Waals surface area contributed by atoms with Gasteiger partial charge < -0.3 is 4.57 Å². The van der Waals surface area contributed by atoms with Gasteiger partial charge in [-0.25, -0.2) is 4.98 Å². The molecule has 14 rings (SSSR count). The monoisotopic (exact) mass is 817 g/mol. The molecule has 3 nitrogen and oxygen atoms in total. The Kier molecular flexibility index (Phi) is 7.27. The van der Waals surface area contributed by atoms with E-state index in [2.05, 4.69) is 221 Å². The van der Waals surface area contributed by atoms with Crippen molar-refractivity contribution in [2.24, 2.45) is 0 Å². The number of fused-ring (bicyclic) bond motifs is 14. The van der Waals surface area contributed by atoms with E-state index in [1.54, 1.807) is 0 Å². The Labute approximate surface area is 366 Å². The van der Waals surface area contributed by atoms with Crippen LogP contribution in [0, 0.1) is 0 Å². The summed E-state index contributed by atoms with van der Waals surface area (Å²) in [5.41, 5.74) is 13.8. The molecule has 4 aromatic heterocycles. The number of imidazole rings is 1. The maximum Gasteiger partial charge on any atom is 0.156 e. The highest BCUT2D eigenvalue weighted by Gasteiger charge is 2.20. The Bertz CT molecular complexity index is 4170. The van der Waals surface area contributed by atoms with Gasteiger partial charge in [0, 0.05) is 31.9 Å². The van der Waals surface area contributed by atoms with Crippen LogP contribution in [0.5, 0.6) is 0 Å². The van der Waals surface area contributed by atoms with Crippen LogP contribution in [0.1, 0.15) is 0 Å². The zero-order valence-corrected chi connectivity index (χ0v) is 34.8. The lowest BCUT2D eigenvalue weighted by molar-refractivity contribution is 1.18. The lowest BCUT2D eigenvalue weighted by Crippen LogP contribution is -1.93. The van der Waals surface area contributed by atoms with E-state index < -0.39 is 0 Å². The fourth-order valence-electron chi connectivity index (χ4n) is 10.2. The van der Waals surface area contributed by atoms with Gasteiger partial charge in [-0.1, -0.05) is 158 Å². The Morgan fingerprint density at radius 1 is 0.333 bits per heavy atom. The largest absolute Gasteiger partial charge is 0.309 e. The SMILES string of the molecule is c1ccc(-n2c3ccccc3c3ccc(-c4ccc(-c5ccc(-c6cc7c8ccc9ccccc9c8sc7c7nc8cc9cc%10ccccc%10cc9cc8n67)cc5)cc4)cc32)cc1. The van der Waals surface area contributed by atoms with Crippen LogP contribution >= 0.6 is 11.3 Å². The molecular formula is C59H35N3S. The van der Waals surface area contributed by atoms with Crippen molar-refractivity contribution in [1.29, 1.82) is 0 Å². The molecule has 0 unspecified atom stereocenters. The van der Waals surface area contributed by atoms with Gasteiger partial charge >= 0.3 is 0 Å². The number of benzene rings is 10. The first-order valence-electron chi connectivity index (χ1n) is 21.5. The summed E-state index contributed by atoms with van der Waals surface area (Å²) in [5, 5.41) is 12.5. The van der Waals surface area contributed by atoms with Crippen LogP contribution in [-0.4, -0.2) is 14.0 Å². The van der Waals surface area contributed by atoms with Crippen molar-refractivity contribution in [3.8, 4) is 39.2 Å². The van der Waals surface area contributed by atoms with Crippen molar-refractivity contribution in [3.05, 3.63) is 212 Å². The summed E-state index contributed by atoms with van der Waals surface area (Å²) in [4.78, 5) is 5.45. The summed E-state index contributed by atoms with van der Waals surface area (Å²) in [5.74, 6) is 0. The minimum absolute atomic E-state index is 1.00. The molecule has 14 aromatic rings. The molecule has 4 heteroatoms. The molecule has 0 amide bonds. The third kappa shape index (κ3) is 5.22. The second-order valence-electron chi connectivity index (χ2n) is 16.8. The highest BCUT2D eigenvalue weighted by molar-refractivity contribution is 7.27. The molecule has 0 aliphatic rings. The van der Waals surface area contributed by atoms with Gasteiger partial charge in [0.15, 0.2) is 5.65 Å². The van der Waals surface area contributed by atoms with E-state index >= 15 is 0 Å². The van der Waals surface area contributed by atoms with Gasteiger partial charge in [0.05, 0.1) is 32.5 Å². The van der Waals surface area contributed by atoms with Crippen LogP contribution in [0.25, 0.3) is 130 Å². The van der Waals surface area contributed by atoms with Gasteiger partial charge in [0.2, 0.25) is 0 Å². The third-order valence-electron chi connectivity index (χ3n) is 13.2. The zero-order chi connectivity index (χ0) is 41.2. The van der Waals surface area contributed by atoms with Crippen molar-refractivity contribution >= 4 is 102 Å². The van der Waals surface area contributed by atoms with E-state index in [0.29, 0.717) is 0 Å². The van der Waals surface area contributed by atoms with Crippen molar-refractivity contribution in [2.45, 2.75) is 0 Å². The third-order valence-corrected chi connectivity index (χ3v) is 14.5. The fourth-order valence-corrected chi connectivity index (χ4v) is 11.5. The average Bonchev–Trinajstić information content (AvgIpc) is 4.02. The topological polar surface area (TPSA) is 22.2 Å². The quantitative estimate of drug-likeness (QED) is 0.162. The van der Waals surface area contributed by atoms with Crippen LogP contribution in [0.15, 0.2) is 212 Å². The average molecular weight is 818 g/mol. The molecule has 0 bridgehead atoms. The van der Waals surface area contributed by atoms with E-state index in [1.807, 2.05) is 11.3 Å². The normalized spacial score (nSPS) is 12.1. The summed E-state index contributed by atoms with van der Waals surface area (Å²) >= 11 is 1.86. The molecule has 4 heterocycles. The van der Waals surface area contributed by atoms with Gasteiger partial charge in [-0.3, -0.25) is 4.40 Å². The molecule has 10 aromatic carbocycles. The maximum absolute atomic E-state index is 5.45. The highest BCUT2D eigenvalue weighted by atomic mass is 32.1. The van der Waals surface area contributed by atoms with Gasteiger partial charge in [-0.15, -0.1) is 11.3 Å². The standard InChI is InChI=1S/C59H35N3S/c1-2-13-46(14-3-1)61-53-17-9-8-16-48(53)49-28-27-43(33-55(49)61)38-20-18-36(19-21-38)37-22-24-40(25-23-37)54-35-51-50-29-26-39-10-6-7-15-47(39)57(50)63-58(51)59-60-52-32-44-30-41-11-4-5-12-42(41)31-45(44)34-56(52)62(54)59/h1-35H. The minimum atomic E-state index is 1.00. The molecule has 292 valence electrons. The number of thiophene rings is 1. The molecule has 0 N–H and O–H groups in total. The Morgan fingerprint density at radius 2 is 0.921 bits per heavy atom. The van der Waals surface area contributed by atoms with Crippen molar-refractivity contribution in [2.75, 3.05) is 0 Å². The Balaban J connectivity index is 0.894. The predicted molar refractivity (Wildman–Crippen MR) is 269 cm³/mol. The number of hydrogen-bond acceptors (Lipinski definition) is 2. The second kappa shape index (κ2) is 13.2. The lowest BCUT2D eigenvalue weighted by atomic mass is 9.98. The lowest BCUT2D eigenvalue weighted by Gasteiger charge is -2.11. The molecule has 63 heavy (non-hydrogen) atoms. The number of hydrogen-bond donors (Lipinski definition) is 0. The minimum Gasteiger partial charge on any atom is -0.309 e. The molecule has 0 spiro atoms. The van der Waals surface area contributed by atoms with Crippen molar-refractivity contribution < 1.29 is 0 Å². The summed E-state index contributed by atoms with van der Waals surface area (Å²) in [7, 11) is 0. The van der Waals surface area contributed by atoms with Crippen molar-refractivity contribution in [3.63, 3.8) is 0 Å². The number of pyridine rings is 1. The van der Waals surface area contributed by atoms with E-state index in [1.165, 1.54) is 102 Å². The van der Waals surface area contributed by atoms with E-state index in [4.69, 9.17) is 4.98 Å². The Morgan fingerprint density at radius 3 is 1.68 bits per heavy atom. The zero-order valence-electron chi connectivity index (χ0n) is 34.0. The van der Waals surface area contributed by atoms with E-state index in [9.17, 15) is 0 Å². The molecule has 0 saturated carbocycles. The molecule has 0 fully saturated rings. The molecule has 0 saturated heterocycles. The summed E-state index contributed by atoms with van der Waals surface area (Å²) in [6.07, 6.45) is 0. The summed E-state index contributed by atoms with van der Waals surface area (Å²) in [6, 6.07) is 77.9. The van der Waals surface area contributed by atoms with Crippen LogP contribution in [-0.2, 0) is 0 Å². The van der Waals surface area contributed by atoms with E-state index in [-0.39, 0.29) is 0 Å². The fraction of sp³-hybridized carbons (Fsp3) is 0. The first-order valence-corrected chi connectivity index (χ1v) is 22.3. The molecule has 0 radical (unpaired) electrons. The first-order chi connectivity index (χ1) is 31.2. The summed E-state index contributed by atoms with van der Waals surface area (Å²) < 4.78 is 7.31. The van der Waals surface area contributed by atoms with Gasteiger partial charge in [0.25, 0.3) is 0 Å². The molecule has 0 atom stereocenters. The number of para-hydroxylation sites is 2. The van der Waals surface area contributed by atoms with Crippen LogP contribution in [0.3, 0.4) is 0 Å². The van der Waals surface area contributed by atoms with Crippen LogP contribution in [0.2, 0.25) is 0 Å². The number of rotatable bonds is 4. The Hall–Kier alpha value is -8.05. The summed E-state index contributed by atoms with van der Waals surface area (Å²) in [6.45, 7) is 0. The van der Waals surface area contributed by atoms with Crippen LogP contribution < -0.4 is 0 Å². The van der Waals surface area contributed by atoms with E-state index in [0.717, 1.165) is 27.9 Å². The van der Waals surface area contributed by atoms with Crippen molar-refractivity contribution in [1.82, 2.24) is 14.0 Å². The van der Waals surface area contributed by atoms with Gasteiger partial charge in [-0.2, -0.15) is 0 Å². The van der Waals surface area contributed by atoms with Gasteiger partial charge in [-0.05, 0) is 115 Å². The second-order valence-corrected chi connectivity index (χ2v) is 17.8. The smallest absolute Gasteiger partial charge is 0.156 e. The molecular weight excluding hydrogens is 783 g/mol. The predicted octanol–water partition coefficient (Wildman–Crippen LogP) is 16.4. The van der Waals surface area contributed by atoms with Gasteiger partial charge in [0.1, 0.15) is 0 Å². The highest BCUT2D eigenvalue weighted by Crippen LogP contribution is 2.44. The number of aromatic nitrogens is 3. The molecule has 0 aliphatic carbocycles. The maximum atomic E-state index is 5.45.